The number of para-hydroxylation sites is 2. The molecule has 34 heavy (non-hydrogen) atoms. The number of hydrogen-bond acceptors (Lipinski definition) is 8. The summed E-state index contributed by atoms with van der Waals surface area (Å²) in [5, 5.41) is 0. The summed E-state index contributed by atoms with van der Waals surface area (Å²) in [5.74, 6) is 1.01. The number of nitrogen functional groups attached to an aromatic ring is 1. The van der Waals surface area contributed by atoms with E-state index in [-0.39, 0.29) is 18.0 Å². The number of carbonyl (C=O) groups is 1. The molecule has 9 heteroatoms. The normalized spacial score (nSPS) is 12.1. The molecule has 0 aliphatic rings. The van der Waals surface area contributed by atoms with E-state index in [0.717, 1.165) is 5.56 Å². The van der Waals surface area contributed by atoms with Gasteiger partial charge in [0.05, 0.1) is 31.9 Å². The summed E-state index contributed by atoms with van der Waals surface area (Å²) in [6, 6.07) is 13.2. The maximum absolute atomic E-state index is 13.1. The van der Waals surface area contributed by atoms with Gasteiger partial charge in [0.25, 0.3) is 0 Å². The zero-order chi connectivity index (χ0) is 24.2. The van der Waals surface area contributed by atoms with Crippen LogP contribution in [-0.2, 0) is 22.4 Å². The summed E-state index contributed by atoms with van der Waals surface area (Å²) < 4.78 is 23.2. The molecule has 2 aromatic carbocycles. The van der Waals surface area contributed by atoms with E-state index in [1.807, 2.05) is 47.0 Å². The first-order valence-electron chi connectivity index (χ1n) is 10.9. The number of aromatic nitrogens is 3. The molecule has 0 amide bonds. The minimum atomic E-state index is -0.554. The number of aryl methyl sites for hydroxylation is 2. The van der Waals surface area contributed by atoms with Gasteiger partial charge in [-0.1, -0.05) is 18.2 Å². The molecule has 0 radical (unpaired) electrons. The lowest BCUT2D eigenvalue weighted by molar-refractivity contribution is 0.0123. The standard InChI is InChI=1S/C25H28N4O5/c1-15(14-31-2)34-25(30)21-22-24(28-18-8-6-5-7-17(18)27-22)29(23(21)26)12-11-16-9-10-19(32-3)20(13-16)33-4/h5-10,13,15H,11-12,14,26H2,1-4H3/t15-/m1/s1. The molecule has 0 spiro atoms. The van der Waals surface area contributed by atoms with E-state index >= 15 is 0 Å². The quantitative estimate of drug-likeness (QED) is 0.374. The second-order valence-electron chi connectivity index (χ2n) is 7.91. The molecule has 2 heterocycles. The second-order valence-corrected chi connectivity index (χ2v) is 7.91. The molecule has 178 valence electrons. The van der Waals surface area contributed by atoms with Gasteiger partial charge in [0.15, 0.2) is 17.1 Å². The fourth-order valence-electron chi connectivity index (χ4n) is 3.93. The summed E-state index contributed by atoms with van der Waals surface area (Å²) in [5.41, 5.74) is 10.1. The van der Waals surface area contributed by atoms with Gasteiger partial charge in [-0.25, -0.2) is 14.8 Å². The van der Waals surface area contributed by atoms with Crippen LogP contribution in [0.1, 0.15) is 22.8 Å². The van der Waals surface area contributed by atoms with Crippen molar-refractivity contribution >= 4 is 34.0 Å². The van der Waals surface area contributed by atoms with Crippen LogP contribution in [0.25, 0.3) is 22.2 Å². The molecule has 0 saturated heterocycles. The van der Waals surface area contributed by atoms with Crippen molar-refractivity contribution in [2.75, 3.05) is 33.7 Å². The molecular weight excluding hydrogens is 436 g/mol. The Bertz CT molecular complexity index is 1330. The van der Waals surface area contributed by atoms with Gasteiger partial charge in [0, 0.05) is 13.7 Å². The van der Waals surface area contributed by atoms with E-state index in [1.165, 1.54) is 0 Å². The van der Waals surface area contributed by atoms with Crippen LogP contribution in [0.2, 0.25) is 0 Å². The van der Waals surface area contributed by atoms with E-state index < -0.39 is 12.1 Å². The van der Waals surface area contributed by atoms with Crippen molar-refractivity contribution in [2.45, 2.75) is 26.0 Å². The number of benzene rings is 2. The monoisotopic (exact) mass is 464 g/mol. The number of hydrogen-bond donors (Lipinski definition) is 1. The smallest absolute Gasteiger partial charge is 0.344 e. The molecule has 0 unspecified atom stereocenters. The summed E-state index contributed by atoms with van der Waals surface area (Å²) >= 11 is 0. The maximum atomic E-state index is 13.1. The van der Waals surface area contributed by atoms with Crippen molar-refractivity contribution in [1.29, 1.82) is 0 Å². The third kappa shape index (κ3) is 4.47. The molecule has 2 N–H and O–H groups in total. The SMILES string of the molecule is COC[C@@H](C)OC(=O)c1c(N)n(CCc2ccc(OC)c(OC)c2)c2nc3ccccc3nc12. The first kappa shape index (κ1) is 23.3. The number of methoxy groups -OCH3 is 3. The molecule has 0 fully saturated rings. The van der Waals surface area contributed by atoms with Gasteiger partial charge in [-0.05, 0) is 43.2 Å². The number of rotatable bonds is 9. The largest absolute Gasteiger partial charge is 0.493 e. The van der Waals surface area contributed by atoms with Crippen LogP contribution >= 0.6 is 0 Å². The van der Waals surface area contributed by atoms with E-state index in [4.69, 9.17) is 34.6 Å². The van der Waals surface area contributed by atoms with Crippen LogP contribution in [0.5, 0.6) is 11.5 Å². The number of esters is 1. The number of ether oxygens (including phenoxy) is 4. The topological polar surface area (TPSA) is 111 Å². The van der Waals surface area contributed by atoms with Crippen molar-refractivity contribution in [1.82, 2.24) is 14.5 Å². The van der Waals surface area contributed by atoms with Crippen LogP contribution in [0.15, 0.2) is 42.5 Å². The zero-order valence-corrected chi connectivity index (χ0v) is 19.7. The Hall–Kier alpha value is -3.85. The van der Waals surface area contributed by atoms with Crippen LogP contribution < -0.4 is 15.2 Å². The fourth-order valence-corrected chi connectivity index (χ4v) is 3.93. The van der Waals surface area contributed by atoms with Crippen LogP contribution in [0, 0.1) is 0 Å². The summed E-state index contributed by atoms with van der Waals surface area (Å²) in [4.78, 5) is 22.6. The summed E-state index contributed by atoms with van der Waals surface area (Å²) in [6.07, 6.45) is 0.188. The molecule has 0 aliphatic carbocycles. The molecule has 0 bridgehead atoms. The Morgan fingerprint density at radius 1 is 1.03 bits per heavy atom. The zero-order valence-electron chi connectivity index (χ0n) is 19.7. The number of nitrogens with zero attached hydrogens (tertiary/aromatic N) is 3. The van der Waals surface area contributed by atoms with Gasteiger partial charge in [-0.2, -0.15) is 0 Å². The van der Waals surface area contributed by atoms with Crippen LogP contribution in [0.3, 0.4) is 0 Å². The Kier molecular flexibility index (Phi) is 6.83. The Morgan fingerprint density at radius 2 is 1.74 bits per heavy atom. The number of carbonyl (C=O) groups excluding carboxylic acids is 1. The molecule has 0 aliphatic heterocycles. The van der Waals surface area contributed by atoms with Gasteiger partial charge in [-0.3, -0.25) is 0 Å². The molecule has 2 aromatic heterocycles. The Balaban J connectivity index is 1.75. The molecular formula is C25H28N4O5. The average Bonchev–Trinajstić information content (AvgIpc) is 3.11. The van der Waals surface area contributed by atoms with E-state index in [2.05, 4.69) is 0 Å². The molecule has 9 nitrogen and oxygen atoms in total. The lowest BCUT2D eigenvalue weighted by Gasteiger charge is -2.12. The minimum Gasteiger partial charge on any atom is -0.493 e. The van der Waals surface area contributed by atoms with Crippen LogP contribution in [0.4, 0.5) is 5.82 Å². The van der Waals surface area contributed by atoms with Crippen molar-refractivity contribution in [2.24, 2.45) is 0 Å². The lowest BCUT2D eigenvalue weighted by atomic mass is 10.1. The van der Waals surface area contributed by atoms with Gasteiger partial charge >= 0.3 is 5.97 Å². The van der Waals surface area contributed by atoms with E-state index in [9.17, 15) is 4.79 Å². The van der Waals surface area contributed by atoms with Crippen molar-refractivity contribution in [3.05, 3.63) is 53.6 Å². The summed E-state index contributed by atoms with van der Waals surface area (Å²) in [7, 11) is 4.75. The predicted molar refractivity (Wildman–Crippen MR) is 129 cm³/mol. The lowest BCUT2D eigenvalue weighted by Crippen LogP contribution is -2.20. The van der Waals surface area contributed by atoms with Crippen molar-refractivity contribution in [3.8, 4) is 11.5 Å². The molecule has 1 atom stereocenters. The minimum absolute atomic E-state index is 0.212. The van der Waals surface area contributed by atoms with Gasteiger partial charge in [0.1, 0.15) is 23.0 Å². The average molecular weight is 465 g/mol. The van der Waals surface area contributed by atoms with Gasteiger partial charge in [-0.15, -0.1) is 0 Å². The van der Waals surface area contributed by atoms with E-state index in [0.29, 0.717) is 46.7 Å². The third-order valence-corrected chi connectivity index (χ3v) is 5.58. The molecule has 4 rings (SSSR count). The molecule has 0 saturated carbocycles. The maximum Gasteiger partial charge on any atom is 0.344 e. The third-order valence-electron chi connectivity index (χ3n) is 5.58. The fraction of sp³-hybridized carbons (Fsp3) is 0.320. The highest BCUT2D eigenvalue weighted by Gasteiger charge is 2.26. The van der Waals surface area contributed by atoms with Crippen molar-refractivity contribution in [3.63, 3.8) is 0 Å². The second kappa shape index (κ2) is 9.96. The van der Waals surface area contributed by atoms with E-state index in [1.54, 1.807) is 28.3 Å². The van der Waals surface area contributed by atoms with Crippen LogP contribution in [-0.4, -0.2) is 54.5 Å². The number of anilines is 1. The van der Waals surface area contributed by atoms with Crippen molar-refractivity contribution < 1.29 is 23.7 Å². The first-order valence-corrected chi connectivity index (χ1v) is 10.9. The Morgan fingerprint density at radius 3 is 2.41 bits per heavy atom. The number of fused-ring (bicyclic) bond motifs is 2. The highest BCUT2D eigenvalue weighted by molar-refractivity contribution is 6.08. The van der Waals surface area contributed by atoms with Gasteiger partial charge in [0.2, 0.25) is 0 Å². The molecule has 4 aromatic rings. The number of nitrogens with two attached hydrogens (primary N) is 1. The highest BCUT2D eigenvalue weighted by Crippen LogP contribution is 2.31. The first-order chi connectivity index (χ1) is 16.5. The Labute approximate surface area is 197 Å². The highest BCUT2D eigenvalue weighted by atomic mass is 16.6. The van der Waals surface area contributed by atoms with Gasteiger partial charge < -0.3 is 29.2 Å². The predicted octanol–water partition coefficient (Wildman–Crippen LogP) is 3.62. The summed E-state index contributed by atoms with van der Waals surface area (Å²) in [6.45, 7) is 2.51.